The summed E-state index contributed by atoms with van der Waals surface area (Å²) in [7, 11) is 0. The van der Waals surface area contributed by atoms with Gasteiger partial charge in [-0.05, 0) is 6.92 Å². The predicted octanol–water partition coefficient (Wildman–Crippen LogP) is -0.742. The van der Waals surface area contributed by atoms with Crippen LogP contribution in [0.4, 0.5) is 0 Å². The summed E-state index contributed by atoms with van der Waals surface area (Å²) in [6.07, 6.45) is -0.363. The van der Waals surface area contributed by atoms with E-state index in [1.165, 1.54) is 12.3 Å². The van der Waals surface area contributed by atoms with E-state index in [4.69, 9.17) is 9.84 Å². The van der Waals surface area contributed by atoms with Crippen LogP contribution in [0.15, 0.2) is 33.2 Å². The second-order valence-electron chi connectivity index (χ2n) is 3.75. The van der Waals surface area contributed by atoms with E-state index < -0.39 is 23.6 Å². The zero-order valence-electron chi connectivity index (χ0n) is 9.08. The highest BCUT2D eigenvalue weighted by Crippen LogP contribution is 2.31. The maximum Gasteiger partial charge on any atom is 0.330 e. The highest BCUT2D eigenvalue weighted by Gasteiger charge is 2.33. The van der Waals surface area contributed by atoms with Gasteiger partial charge in [-0.15, -0.1) is 0 Å². The molecule has 0 spiro atoms. The molecule has 0 aromatic carbocycles. The summed E-state index contributed by atoms with van der Waals surface area (Å²) in [5, 5.41) is 18.6. The molecule has 92 valence electrons. The lowest BCUT2D eigenvalue weighted by atomic mass is 10.2. The van der Waals surface area contributed by atoms with Crippen LogP contribution in [0.3, 0.4) is 0 Å². The molecule has 0 amide bonds. The Bertz CT molecular complexity index is 571. The smallest absolute Gasteiger partial charge is 0.330 e. The third-order valence-electron chi connectivity index (χ3n) is 2.64. The minimum atomic E-state index is -0.834. The number of aliphatic hydroxyl groups excluding tert-OH is 2. The van der Waals surface area contributed by atoms with Gasteiger partial charge in [0.1, 0.15) is 11.9 Å². The molecule has 3 N–H and O–H groups in total. The van der Waals surface area contributed by atoms with Crippen molar-refractivity contribution in [3.05, 3.63) is 44.4 Å². The molecule has 17 heavy (non-hydrogen) atoms. The number of aliphatic hydroxyl groups is 2. The van der Waals surface area contributed by atoms with E-state index >= 15 is 0 Å². The highest BCUT2D eigenvalue weighted by molar-refractivity contribution is 5.18. The number of hydrogen-bond acceptors (Lipinski definition) is 5. The molecule has 1 aromatic heterocycles. The molecule has 1 aliphatic rings. The van der Waals surface area contributed by atoms with Crippen LogP contribution in [-0.4, -0.2) is 32.5 Å². The van der Waals surface area contributed by atoms with Crippen molar-refractivity contribution < 1.29 is 14.9 Å². The number of nitrogens with one attached hydrogen (secondary N) is 1. The fourth-order valence-corrected chi connectivity index (χ4v) is 1.72. The van der Waals surface area contributed by atoms with Gasteiger partial charge in [0, 0.05) is 17.8 Å². The molecule has 2 atom stereocenters. The van der Waals surface area contributed by atoms with Crippen molar-refractivity contribution in [1.29, 1.82) is 0 Å². The molecule has 1 aromatic rings. The van der Waals surface area contributed by atoms with E-state index in [0.29, 0.717) is 5.57 Å². The third kappa shape index (κ3) is 1.90. The van der Waals surface area contributed by atoms with Gasteiger partial charge < -0.3 is 14.9 Å². The summed E-state index contributed by atoms with van der Waals surface area (Å²) in [5.74, 6) is -0.0874. The van der Waals surface area contributed by atoms with Crippen LogP contribution in [0.2, 0.25) is 0 Å². The minimum Gasteiger partial charge on any atom is -0.509 e. The summed E-state index contributed by atoms with van der Waals surface area (Å²) < 4.78 is 6.45. The Balaban J connectivity index is 2.44. The quantitative estimate of drug-likeness (QED) is 0.631. The maximum atomic E-state index is 11.5. The molecule has 7 heteroatoms. The van der Waals surface area contributed by atoms with Gasteiger partial charge in [0.25, 0.3) is 5.56 Å². The molecule has 0 fully saturated rings. The first kappa shape index (κ1) is 11.6. The van der Waals surface area contributed by atoms with E-state index in [-0.39, 0.29) is 12.4 Å². The minimum absolute atomic E-state index is 0.0874. The number of nitrogens with zero attached hydrogens (tertiary/aromatic N) is 1. The predicted molar refractivity (Wildman–Crippen MR) is 57.6 cm³/mol. The van der Waals surface area contributed by atoms with Crippen molar-refractivity contribution in [3.8, 4) is 0 Å². The van der Waals surface area contributed by atoms with Crippen LogP contribution in [0.1, 0.15) is 13.2 Å². The van der Waals surface area contributed by atoms with E-state index in [0.717, 1.165) is 4.57 Å². The molecule has 2 rings (SSSR count). The lowest BCUT2D eigenvalue weighted by Crippen LogP contribution is -2.32. The second-order valence-corrected chi connectivity index (χ2v) is 3.75. The molecule has 2 unspecified atom stereocenters. The van der Waals surface area contributed by atoms with Crippen molar-refractivity contribution in [2.75, 3.05) is 6.61 Å². The van der Waals surface area contributed by atoms with Gasteiger partial charge in [-0.25, -0.2) is 4.79 Å². The molecule has 1 aliphatic heterocycles. The van der Waals surface area contributed by atoms with Gasteiger partial charge in [0.2, 0.25) is 0 Å². The molecule has 7 nitrogen and oxygen atoms in total. The first-order chi connectivity index (χ1) is 8.04. The summed E-state index contributed by atoms with van der Waals surface area (Å²) in [5.41, 5.74) is -0.708. The summed E-state index contributed by atoms with van der Waals surface area (Å²) >= 11 is 0. The number of aromatic amines is 1. The second kappa shape index (κ2) is 4.19. The van der Waals surface area contributed by atoms with Gasteiger partial charge in [-0.1, -0.05) is 0 Å². The summed E-state index contributed by atoms with van der Waals surface area (Å²) in [6, 6.07) is 1.18. The van der Waals surface area contributed by atoms with Crippen LogP contribution < -0.4 is 11.2 Å². The standard InChI is InChI=1S/C10H12N2O5/c1-5-8(15)6(4-13)17-9(5)12-3-2-7(14)11-10(12)16/h2-3,6,9,13,15H,4H2,1H3,(H,11,14,16). The molecule has 0 saturated carbocycles. The van der Waals surface area contributed by atoms with Crippen molar-refractivity contribution in [1.82, 2.24) is 9.55 Å². The Kier molecular flexibility index (Phi) is 2.86. The Labute approximate surface area is 95.6 Å². The lowest BCUT2D eigenvalue weighted by Gasteiger charge is -2.15. The Morgan fingerprint density at radius 1 is 1.53 bits per heavy atom. The molecule has 0 aliphatic carbocycles. The topological polar surface area (TPSA) is 105 Å². The highest BCUT2D eigenvalue weighted by atomic mass is 16.5. The van der Waals surface area contributed by atoms with Gasteiger partial charge >= 0.3 is 5.69 Å². The van der Waals surface area contributed by atoms with Crippen molar-refractivity contribution >= 4 is 0 Å². The van der Waals surface area contributed by atoms with Crippen LogP contribution in [0.25, 0.3) is 0 Å². The molecule has 0 saturated heterocycles. The van der Waals surface area contributed by atoms with Crippen molar-refractivity contribution in [3.63, 3.8) is 0 Å². The SMILES string of the molecule is CC1=C(O)C(CO)OC1n1ccc(=O)[nH]c1=O. The number of hydrogen-bond donors (Lipinski definition) is 3. The van der Waals surface area contributed by atoms with Crippen molar-refractivity contribution in [2.45, 2.75) is 19.3 Å². The first-order valence-corrected chi connectivity index (χ1v) is 5.02. The zero-order valence-corrected chi connectivity index (χ0v) is 9.08. The van der Waals surface area contributed by atoms with E-state index in [1.54, 1.807) is 6.92 Å². The molecule has 0 bridgehead atoms. The monoisotopic (exact) mass is 240 g/mol. The molecule has 0 radical (unpaired) electrons. The first-order valence-electron chi connectivity index (χ1n) is 5.02. The molecule has 2 heterocycles. The van der Waals surface area contributed by atoms with Gasteiger partial charge in [-0.3, -0.25) is 14.3 Å². The van der Waals surface area contributed by atoms with E-state index in [1.807, 2.05) is 0 Å². The van der Waals surface area contributed by atoms with Crippen LogP contribution in [-0.2, 0) is 4.74 Å². The van der Waals surface area contributed by atoms with Crippen LogP contribution >= 0.6 is 0 Å². The maximum absolute atomic E-state index is 11.5. The van der Waals surface area contributed by atoms with Gasteiger partial charge in [-0.2, -0.15) is 0 Å². The van der Waals surface area contributed by atoms with Gasteiger partial charge in [0.15, 0.2) is 6.23 Å². The average molecular weight is 240 g/mol. The van der Waals surface area contributed by atoms with E-state index in [9.17, 15) is 14.7 Å². The zero-order chi connectivity index (χ0) is 12.6. The normalized spacial score (nSPS) is 24.4. The Morgan fingerprint density at radius 2 is 2.24 bits per heavy atom. The number of aromatic nitrogens is 2. The fourth-order valence-electron chi connectivity index (χ4n) is 1.72. The molecular weight excluding hydrogens is 228 g/mol. The Morgan fingerprint density at radius 3 is 2.76 bits per heavy atom. The Hall–Kier alpha value is -1.86. The lowest BCUT2D eigenvalue weighted by molar-refractivity contribution is -0.0277. The fraction of sp³-hybridized carbons (Fsp3) is 0.400. The summed E-state index contributed by atoms with van der Waals surface area (Å²) in [4.78, 5) is 24.5. The largest absolute Gasteiger partial charge is 0.509 e. The number of H-pyrrole nitrogens is 1. The van der Waals surface area contributed by atoms with Gasteiger partial charge in [0.05, 0.1) is 6.61 Å². The van der Waals surface area contributed by atoms with E-state index in [2.05, 4.69) is 4.98 Å². The number of rotatable bonds is 2. The van der Waals surface area contributed by atoms with Crippen LogP contribution in [0.5, 0.6) is 0 Å². The average Bonchev–Trinajstić information content (AvgIpc) is 2.57. The third-order valence-corrected chi connectivity index (χ3v) is 2.64. The molecular formula is C10H12N2O5. The summed E-state index contributed by atoms with van der Waals surface area (Å²) in [6.45, 7) is 1.21. The van der Waals surface area contributed by atoms with Crippen molar-refractivity contribution in [2.24, 2.45) is 0 Å². The number of ether oxygens (including phenoxy) is 1. The van der Waals surface area contributed by atoms with Crippen LogP contribution in [0, 0.1) is 0 Å².